The maximum atomic E-state index is 5.27. The van der Waals surface area contributed by atoms with Crippen LogP contribution in [-0.2, 0) is 0 Å². The van der Waals surface area contributed by atoms with E-state index >= 15 is 0 Å². The second-order valence-corrected chi connectivity index (χ2v) is 3.02. The molecule has 7 nitrogen and oxygen atoms in total. The fourth-order valence-electron chi connectivity index (χ4n) is 0.926. The van der Waals surface area contributed by atoms with E-state index in [1.807, 2.05) is 6.92 Å². The molecule has 0 saturated heterocycles. The Kier molecular flexibility index (Phi) is 5.54. The second kappa shape index (κ2) is 7.24. The van der Waals surface area contributed by atoms with Gasteiger partial charge in [-0.15, -0.1) is 17.3 Å². The number of rotatable bonds is 7. The zero-order chi connectivity index (χ0) is 12.5. The Morgan fingerprint density at radius 1 is 1.24 bits per heavy atom. The van der Waals surface area contributed by atoms with Crippen molar-refractivity contribution in [3.8, 4) is 24.4 Å². The summed E-state index contributed by atoms with van der Waals surface area (Å²) in [5, 5.41) is 0. The van der Waals surface area contributed by atoms with Gasteiger partial charge in [-0.2, -0.15) is 9.97 Å². The summed E-state index contributed by atoms with van der Waals surface area (Å²) >= 11 is 0. The number of hydrazine groups is 1. The van der Waals surface area contributed by atoms with Crippen molar-refractivity contribution in [2.45, 2.75) is 19.8 Å². The molecule has 0 atom stereocenters. The zero-order valence-corrected chi connectivity index (χ0v) is 9.64. The molecule has 0 fully saturated rings. The number of nitrogens with two attached hydrogens (primary N) is 1. The Hall–Kier alpha value is -2.07. The molecular weight excluding hydrogens is 222 g/mol. The van der Waals surface area contributed by atoms with E-state index in [1.165, 1.54) is 0 Å². The SMILES string of the molecule is C#CCCOc1nc(NN)nc(OCCC)n1. The van der Waals surface area contributed by atoms with E-state index in [4.69, 9.17) is 21.7 Å². The summed E-state index contributed by atoms with van der Waals surface area (Å²) in [6.45, 7) is 2.82. The maximum Gasteiger partial charge on any atom is 0.324 e. The van der Waals surface area contributed by atoms with E-state index < -0.39 is 0 Å². The Labute approximate surface area is 99.7 Å². The highest BCUT2D eigenvalue weighted by Gasteiger charge is 2.07. The molecule has 0 bridgehead atoms. The number of hydrogen-bond donors (Lipinski definition) is 2. The predicted molar refractivity (Wildman–Crippen MR) is 62.4 cm³/mol. The maximum absolute atomic E-state index is 5.27. The normalized spacial score (nSPS) is 9.47. The van der Waals surface area contributed by atoms with Crippen molar-refractivity contribution in [2.75, 3.05) is 18.6 Å². The quantitative estimate of drug-likeness (QED) is 0.306. The van der Waals surface area contributed by atoms with Gasteiger partial charge in [0.2, 0.25) is 5.95 Å². The van der Waals surface area contributed by atoms with Crippen molar-refractivity contribution < 1.29 is 9.47 Å². The Bertz CT molecular complexity index is 391. The Balaban J connectivity index is 2.71. The van der Waals surface area contributed by atoms with Gasteiger partial charge in [0.25, 0.3) is 0 Å². The van der Waals surface area contributed by atoms with Crippen LogP contribution in [0.25, 0.3) is 0 Å². The fourth-order valence-corrected chi connectivity index (χ4v) is 0.926. The summed E-state index contributed by atoms with van der Waals surface area (Å²) in [5.74, 6) is 7.85. The monoisotopic (exact) mass is 237 g/mol. The third-order valence-corrected chi connectivity index (χ3v) is 1.64. The summed E-state index contributed by atoms with van der Waals surface area (Å²) in [4.78, 5) is 11.8. The third kappa shape index (κ3) is 4.53. The smallest absolute Gasteiger partial charge is 0.324 e. The summed E-state index contributed by atoms with van der Waals surface area (Å²) in [5.41, 5.74) is 2.31. The second-order valence-electron chi connectivity index (χ2n) is 3.02. The molecular formula is C10H15N5O2. The molecule has 3 N–H and O–H groups in total. The molecule has 0 aliphatic rings. The van der Waals surface area contributed by atoms with Crippen LogP contribution in [0.2, 0.25) is 0 Å². The molecule has 0 aliphatic heterocycles. The minimum atomic E-state index is 0.134. The van der Waals surface area contributed by atoms with Gasteiger partial charge in [-0.3, -0.25) is 5.43 Å². The van der Waals surface area contributed by atoms with Crippen LogP contribution in [0.5, 0.6) is 12.0 Å². The van der Waals surface area contributed by atoms with Gasteiger partial charge in [0.05, 0.1) is 6.61 Å². The van der Waals surface area contributed by atoms with Crippen LogP contribution in [0.4, 0.5) is 5.95 Å². The first-order chi connectivity index (χ1) is 8.30. The van der Waals surface area contributed by atoms with Crippen LogP contribution in [0.15, 0.2) is 0 Å². The molecule has 0 radical (unpaired) electrons. The van der Waals surface area contributed by atoms with Crippen LogP contribution in [0.1, 0.15) is 19.8 Å². The van der Waals surface area contributed by atoms with Crippen molar-refractivity contribution in [2.24, 2.45) is 5.84 Å². The van der Waals surface area contributed by atoms with Crippen molar-refractivity contribution in [1.82, 2.24) is 15.0 Å². The van der Waals surface area contributed by atoms with Gasteiger partial charge in [0.15, 0.2) is 0 Å². The minimum Gasteiger partial charge on any atom is -0.463 e. The van der Waals surface area contributed by atoms with Gasteiger partial charge in [0.1, 0.15) is 6.61 Å². The van der Waals surface area contributed by atoms with E-state index in [-0.39, 0.29) is 18.0 Å². The molecule has 1 heterocycles. The van der Waals surface area contributed by atoms with Crippen molar-refractivity contribution in [3.63, 3.8) is 0 Å². The summed E-state index contributed by atoms with van der Waals surface area (Å²) in [7, 11) is 0. The van der Waals surface area contributed by atoms with Crippen molar-refractivity contribution in [1.29, 1.82) is 0 Å². The number of aromatic nitrogens is 3. The average molecular weight is 237 g/mol. The number of nitrogen functional groups attached to an aromatic ring is 1. The Morgan fingerprint density at radius 3 is 2.41 bits per heavy atom. The van der Waals surface area contributed by atoms with Crippen LogP contribution in [0.3, 0.4) is 0 Å². The van der Waals surface area contributed by atoms with Crippen LogP contribution >= 0.6 is 0 Å². The number of anilines is 1. The van der Waals surface area contributed by atoms with E-state index in [2.05, 4.69) is 26.3 Å². The molecule has 17 heavy (non-hydrogen) atoms. The highest BCUT2D eigenvalue weighted by Crippen LogP contribution is 2.12. The van der Waals surface area contributed by atoms with Crippen LogP contribution in [-0.4, -0.2) is 28.2 Å². The van der Waals surface area contributed by atoms with E-state index in [0.717, 1.165) is 6.42 Å². The largest absolute Gasteiger partial charge is 0.463 e. The number of ether oxygens (including phenoxy) is 2. The molecule has 0 aliphatic carbocycles. The number of nitrogens with zero attached hydrogens (tertiary/aromatic N) is 3. The molecule has 92 valence electrons. The van der Waals surface area contributed by atoms with Gasteiger partial charge in [-0.05, 0) is 6.42 Å². The summed E-state index contributed by atoms with van der Waals surface area (Å²) in [6, 6.07) is 0.305. The fraction of sp³-hybridized carbons (Fsp3) is 0.500. The topological polar surface area (TPSA) is 95.2 Å². The highest BCUT2D eigenvalue weighted by atomic mass is 16.5. The first-order valence-electron chi connectivity index (χ1n) is 5.22. The van der Waals surface area contributed by atoms with Gasteiger partial charge >= 0.3 is 12.0 Å². The minimum absolute atomic E-state index is 0.134. The lowest BCUT2D eigenvalue weighted by Gasteiger charge is -2.07. The number of terminal acetylenes is 1. The molecule has 7 heteroatoms. The van der Waals surface area contributed by atoms with Crippen LogP contribution < -0.4 is 20.7 Å². The van der Waals surface area contributed by atoms with Crippen LogP contribution in [0, 0.1) is 12.3 Å². The highest BCUT2D eigenvalue weighted by molar-refractivity contribution is 5.25. The number of nitrogens with one attached hydrogen (secondary N) is 1. The van der Waals surface area contributed by atoms with Gasteiger partial charge in [-0.25, -0.2) is 5.84 Å². The van der Waals surface area contributed by atoms with E-state index in [9.17, 15) is 0 Å². The molecule has 0 aromatic carbocycles. The molecule has 0 saturated carbocycles. The summed E-state index contributed by atoms with van der Waals surface area (Å²) < 4.78 is 10.5. The first kappa shape index (κ1) is 13.0. The van der Waals surface area contributed by atoms with Crippen molar-refractivity contribution >= 4 is 5.95 Å². The molecule has 0 amide bonds. The lowest BCUT2D eigenvalue weighted by Crippen LogP contribution is -2.14. The van der Waals surface area contributed by atoms with Crippen molar-refractivity contribution in [3.05, 3.63) is 0 Å². The molecule has 0 unspecified atom stereocenters. The molecule has 1 aromatic heterocycles. The standard InChI is InChI=1S/C10H15N5O2/c1-3-5-7-17-10-13-8(15-11)12-9(14-10)16-6-4-2/h1H,4-7,11H2,2H3,(H,12,13,14,15). The van der Waals surface area contributed by atoms with Gasteiger partial charge in [0, 0.05) is 6.42 Å². The lowest BCUT2D eigenvalue weighted by molar-refractivity contribution is 0.266. The first-order valence-corrected chi connectivity index (χ1v) is 5.22. The molecule has 0 spiro atoms. The lowest BCUT2D eigenvalue weighted by atomic mass is 10.5. The number of hydrogen-bond acceptors (Lipinski definition) is 7. The van der Waals surface area contributed by atoms with Gasteiger partial charge < -0.3 is 9.47 Å². The molecule has 1 rings (SSSR count). The summed E-state index contributed by atoms with van der Waals surface area (Å²) in [6.07, 6.45) is 6.43. The molecule has 1 aromatic rings. The zero-order valence-electron chi connectivity index (χ0n) is 9.64. The third-order valence-electron chi connectivity index (χ3n) is 1.64. The van der Waals surface area contributed by atoms with E-state index in [1.54, 1.807) is 0 Å². The van der Waals surface area contributed by atoms with Gasteiger partial charge in [-0.1, -0.05) is 6.92 Å². The Morgan fingerprint density at radius 2 is 1.88 bits per heavy atom. The van der Waals surface area contributed by atoms with E-state index in [0.29, 0.717) is 19.6 Å². The predicted octanol–water partition coefficient (Wildman–Crippen LogP) is 0.348. The average Bonchev–Trinajstić information content (AvgIpc) is 2.36.